The van der Waals surface area contributed by atoms with Crippen molar-refractivity contribution in [1.29, 1.82) is 0 Å². The molecule has 0 rings (SSSR count). The maximum Gasteiger partial charge on any atom is -0.147 e. The van der Waals surface area contributed by atoms with Gasteiger partial charge in [-0.15, -0.1) is 12.4 Å². The molecular formula is C6H14CdCl. The Morgan fingerprint density at radius 2 is 1.75 bits per heavy atom. The van der Waals surface area contributed by atoms with E-state index in [4.69, 9.17) is 0 Å². The molecule has 0 aromatic rings. The van der Waals surface area contributed by atoms with Gasteiger partial charge in [-0.2, -0.15) is 0 Å². The number of hydrogen-bond donors (Lipinski definition) is 0. The summed E-state index contributed by atoms with van der Waals surface area (Å²) >= 11 is 1.22. The molecule has 0 atom stereocenters. The zero-order valence-electron chi connectivity index (χ0n) is 5.65. The molecule has 0 aliphatic carbocycles. The largest absolute Gasteiger partial charge is 0.147 e. The first-order valence-corrected chi connectivity index (χ1v) is 6.06. The van der Waals surface area contributed by atoms with E-state index >= 15 is 0 Å². The summed E-state index contributed by atoms with van der Waals surface area (Å²) in [5.41, 5.74) is 0. The molecule has 0 unspecified atom stereocenters. The van der Waals surface area contributed by atoms with Crippen LogP contribution in [0.3, 0.4) is 0 Å². The van der Waals surface area contributed by atoms with E-state index in [9.17, 15) is 0 Å². The third kappa shape index (κ3) is 10.2. The first-order chi connectivity index (χ1) is 3.41. The first kappa shape index (κ1) is 11.9. The van der Waals surface area contributed by atoms with Crippen molar-refractivity contribution in [3.63, 3.8) is 0 Å². The summed E-state index contributed by atoms with van der Waals surface area (Å²) in [5, 5.41) is 0. The Hall–Kier alpha value is 1.21. The van der Waals surface area contributed by atoms with Gasteiger partial charge in [-0.05, 0) is 0 Å². The maximum absolute atomic E-state index is 2.26. The molecular weight excluding hydrogens is 220 g/mol. The molecule has 0 N–H and O–H groups in total. The van der Waals surface area contributed by atoms with Gasteiger partial charge in [-0.25, -0.2) is 0 Å². The topological polar surface area (TPSA) is 0 Å². The molecule has 0 saturated carbocycles. The minimum atomic E-state index is 0. The van der Waals surface area contributed by atoms with Gasteiger partial charge in [-0.3, -0.25) is 0 Å². The van der Waals surface area contributed by atoms with E-state index in [0.29, 0.717) is 0 Å². The van der Waals surface area contributed by atoms with Crippen molar-refractivity contribution in [2.24, 2.45) is 0 Å². The predicted octanol–water partition coefficient (Wildman–Crippen LogP) is 2.95. The number of rotatable bonds is 4. The second kappa shape index (κ2) is 11.1. The zero-order chi connectivity index (χ0) is 5.54. The molecule has 8 heavy (non-hydrogen) atoms. The van der Waals surface area contributed by atoms with Gasteiger partial charge in [0.05, 0.1) is 0 Å². The van der Waals surface area contributed by atoms with Crippen molar-refractivity contribution in [2.45, 2.75) is 36.6 Å². The van der Waals surface area contributed by atoms with E-state index in [1.165, 1.54) is 55.4 Å². The molecule has 0 aliphatic heterocycles. The molecule has 0 bridgehead atoms. The molecule has 47 valence electrons. The predicted molar refractivity (Wildman–Crippen MR) is 36.2 cm³/mol. The van der Waals surface area contributed by atoms with Crippen LogP contribution in [0.2, 0.25) is 3.98 Å². The number of halogens is 1. The Morgan fingerprint density at radius 3 is 2.12 bits per heavy atom. The van der Waals surface area contributed by atoms with Crippen molar-refractivity contribution in [2.75, 3.05) is 0 Å². The van der Waals surface area contributed by atoms with Gasteiger partial charge in [0.25, 0.3) is 0 Å². The van der Waals surface area contributed by atoms with Crippen LogP contribution >= 0.6 is 12.4 Å². The molecule has 0 heterocycles. The van der Waals surface area contributed by atoms with Gasteiger partial charge in [0.1, 0.15) is 0 Å². The van der Waals surface area contributed by atoms with Crippen LogP contribution in [0, 0.1) is 0 Å². The third-order valence-electron chi connectivity index (χ3n) is 1.10. The quantitative estimate of drug-likeness (QED) is 0.518. The first-order valence-electron chi connectivity index (χ1n) is 3.21. The molecule has 0 radical (unpaired) electrons. The van der Waals surface area contributed by atoms with Crippen molar-refractivity contribution >= 4 is 12.4 Å². The van der Waals surface area contributed by atoms with Crippen molar-refractivity contribution in [3.05, 3.63) is 0 Å². The van der Waals surface area contributed by atoms with E-state index < -0.39 is 0 Å². The summed E-state index contributed by atoms with van der Waals surface area (Å²) in [6, 6.07) is 0. The third-order valence-corrected chi connectivity index (χ3v) is 2.53. The van der Waals surface area contributed by atoms with Gasteiger partial charge in [0.15, 0.2) is 0 Å². The van der Waals surface area contributed by atoms with E-state index in [-0.39, 0.29) is 12.4 Å². The van der Waals surface area contributed by atoms with Crippen LogP contribution in [-0.4, -0.2) is 0 Å². The van der Waals surface area contributed by atoms with Crippen LogP contribution in [0.4, 0.5) is 0 Å². The van der Waals surface area contributed by atoms with Crippen molar-refractivity contribution in [1.82, 2.24) is 0 Å². The van der Waals surface area contributed by atoms with Gasteiger partial charge in [0.2, 0.25) is 0 Å². The Labute approximate surface area is 74.5 Å². The van der Waals surface area contributed by atoms with E-state index in [2.05, 4.69) is 6.92 Å². The molecule has 0 fully saturated rings. The van der Waals surface area contributed by atoms with Crippen molar-refractivity contribution < 1.29 is 25.8 Å². The second-order valence-corrected chi connectivity index (χ2v) is 3.93. The summed E-state index contributed by atoms with van der Waals surface area (Å²) in [4.78, 5) is 0. The summed E-state index contributed by atoms with van der Waals surface area (Å²) in [6.07, 6.45) is 5.81. The van der Waals surface area contributed by atoms with E-state index in [1.807, 2.05) is 0 Å². The van der Waals surface area contributed by atoms with Gasteiger partial charge < -0.3 is 0 Å². The van der Waals surface area contributed by atoms with Gasteiger partial charge >= 0.3 is 62.4 Å². The molecule has 0 aromatic heterocycles. The molecule has 0 amide bonds. The average Bonchev–Trinajstić information content (AvgIpc) is 1.69. The Kier molecular flexibility index (Phi) is 16.5. The minimum Gasteiger partial charge on any atom is -0.147 e. The molecule has 0 nitrogen and oxygen atoms in total. The zero-order valence-corrected chi connectivity index (χ0v) is 10.5. The van der Waals surface area contributed by atoms with Crippen LogP contribution < -0.4 is 0 Å². The Morgan fingerprint density at radius 1 is 1.12 bits per heavy atom. The van der Waals surface area contributed by atoms with E-state index in [1.54, 1.807) is 0 Å². The Bertz CT molecular complexity index is 27.7. The number of hydrogen-bond acceptors (Lipinski definition) is 0. The van der Waals surface area contributed by atoms with Crippen LogP contribution in [0.15, 0.2) is 0 Å². The standard InChI is InChI=1S/C6H13.Cd.ClH/c1-3-5-6-4-2;;/h1,3-6H2,2H3;;1H. The molecule has 0 aromatic carbocycles. The minimum absolute atomic E-state index is 0. The SMILES string of the molecule is CCCCC[CH2][Cd].Cl. The van der Waals surface area contributed by atoms with Gasteiger partial charge in [0, 0.05) is 0 Å². The fourth-order valence-electron chi connectivity index (χ4n) is 0.604. The summed E-state index contributed by atoms with van der Waals surface area (Å²) in [7, 11) is 0. The fraction of sp³-hybridized carbons (Fsp3) is 1.00. The number of unbranched alkanes of at least 4 members (excludes halogenated alkanes) is 3. The summed E-state index contributed by atoms with van der Waals surface area (Å²) in [5.74, 6) is 0. The maximum atomic E-state index is 2.26. The molecule has 0 saturated heterocycles. The summed E-state index contributed by atoms with van der Waals surface area (Å²) < 4.78 is 1.53. The van der Waals surface area contributed by atoms with Crippen molar-refractivity contribution in [3.8, 4) is 0 Å². The van der Waals surface area contributed by atoms with Crippen LogP contribution in [0.25, 0.3) is 0 Å². The molecule has 2 heteroatoms. The molecule has 0 aliphatic rings. The fourth-order valence-corrected chi connectivity index (χ4v) is 1.61. The second-order valence-electron chi connectivity index (χ2n) is 1.91. The smallest absolute Gasteiger partial charge is 0.147 e. The Balaban J connectivity index is 0. The average molecular weight is 234 g/mol. The van der Waals surface area contributed by atoms with E-state index in [0.717, 1.165) is 0 Å². The van der Waals surface area contributed by atoms with Gasteiger partial charge in [-0.1, -0.05) is 0 Å². The normalized spacial score (nSPS) is 8.38. The van der Waals surface area contributed by atoms with Crippen LogP contribution in [-0.2, 0) is 25.8 Å². The molecule has 0 spiro atoms. The van der Waals surface area contributed by atoms with Crippen LogP contribution in [0.5, 0.6) is 0 Å². The van der Waals surface area contributed by atoms with Crippen LogP contribution in [0.1, 0.15) is 32.6 Å². The monoisotopic (exact) mass is 235 g/mol. The summed E-state index contributed by atoms with van der Waals surface area (Å²) in [6.45, 7) is 2.26.